The Hall–Kier alpha value is -5.72. The summed E-state index contributed by atoms with van der Waals surface area (Å²) in [5.41, 5.74) is 14.0. The van der Waals surface area contributed by atoms with Crippen LogP contribution in [0.4, 0.5) is 0 Å². The smallest absolute Gasteiger partial charge is 0.0713 e. The Morgan fingerprint density at radius 1 is 0.558 bits per heavy atom. The SMILES string of the molecule is C=CC(=C)c1ccc(C)cc1.CC.CCCc1cccc2ccccc12.Cc1ccc2c(c1)C(c1ccccc1)(c1ccccc1)c1ccccc1-2. The summed E-state index contributed by atoms with van der Waals surface area (Å²) < 4.78 is 0. The van der Waals surface area contributed by atoms with Crippen LogP contribution in [0.1, 0.15) is 71.7 Å². The molecule has 0 spiro atoms. The second-order valence-corrected chi connectivity index (χ2v) is 13.1. The molecule has 0 fully saturated rings. The predicted molar refractivity (Wildman–Crippen MR) is 228 cm³/mol. The largest absolute Gasteiger partial charge is 0.0985 e. The first-order valence-corrected chi connectivity index (χ1v) is 18.6. The lowest BCUT2D eigenvalue weighted by Crippen LogP contribution is -2.28. The summed E-state index contributed by atoms with van der Waals surface area (Å²) in [6.45, 7) is 18.0. The van der Waals surface area contributed by atoms with Gasteiger partial charge in [0.1, 0.15) is 0 Å². The van der Waals surface area contributed by atoms with E-state index in [2.05, 4.69) is 204 Å². The number of aryl methyl sites for hydroxylation is 3. The second kappa shape index (κ2) is 18.0. The Kier molecular flexibility index (Phi) is 13.0. The van der Waals surface area contributed by atoms with Gasteiger partial charge in [-0.1, -0.05) is 227 Å². The normalized spacial score (nSPS) is 11.6. The molecule has 7 aromatic carbocycles. The average molecular weight is 677 g/mol. The minimum Gasteiger partial charge on any atom is -0.0985 e. The first kappa shape index (κ1) is 37.5. The molecule has 0 heteroatoms. The van der Waals surface area contributed by atoms with Crippen molar-refractivity contribution in [2.24, 2.45) is 0 Å². The molecular formula is C52H52. The molecule has 260 valence electrons. The highest BCUT2D eigenvalue weighted by Gasteiger charge is 2.45. The van der Waals surface area contributed by atoms with Crippen LogP contribution in [0.25, 0.3) is 27.5 Å². The van der Waals surface area contributed by atoms with E-state index in [9.17, 15) is 0 Å². The lowest BCUT2D eigenvalue weighted by atomic mass is 9.67. The molecule has 0 bridgehead atoms. The molecule has 1 aliphatic carbocycles. The summed E-state index contributed by atoms with van der Waals surface area (Å²) in [5.74, 6) is 0. The van der Waals surface area contributed by atoms with Crippen molar-refractivity contribution in [2.75, 3.05) is 0 Å². The number of rotatable bonds is 6. The van der Waals surface area contributed by atoms with Crippen LogP contribution in [0.2, 0.25) is 0 Å². The minimum atomic E-state index is -0.263. The standard InChI is InChI=1S/C26H20.C13H14.C11H12.C2H6/c1-19-16-17-23-22-14-8-9-15-24(22)26(25(23)18-19,20-10-4-2-5-11-20)21-12-6-3-7-13-21;1-2-6-11-8-5-9-12-7-3-4-10-13(11)12;1-4-10(3)11-7-5-9(2)6-8-11;1-2/h2-18H,1H3;3-5,7-10H,2,6H2,1H3;4-8H,1,3H2,2H3;1-2H3. The summed E-state index contributed by atoms with van der Waals surface area (Å²) in [7, 11) is 0. The Bertz CT molecular complexity index is 2160. The Labute approximate surface area is 312 Å². The molecule has 0 N–H and O–H groups in total. The fraction of sp³-hybridized carbons (Fsp3) is 0.154. The van der Waals surface area contributed by atoms with Crippen molar-refractivity contribution in [1.29, 1.82) is 0 Å². The maximum absolute atomic E-state index is 3.86. The fourth-order valence-electron chi connectivity index (χ4n) is 7.22. The van der Waals surface area contributed by atoms with Crippen LogP contribution >= 0.6 is 0 Å². The lowest BCUT2D eigenvalue weighted by Gasteiger charge is -2.34. The first-order valence-electron chi connectivity index (χ1n) is 18.6. The summed E-state index contributed by atoms with van der Waals surface area (Å²) in [6.07, 6.45) is 4.17. The van der Waals surface area contributed by atoms with Crippen LogP contribution < -0.4 is 0 Å². The maximum atomic E-state index is 3.86. The number of allylic oxidation sites excluding steroid dienone is 2. The van der Waals surface area contributed by atoms with E-state index < -0.39 is 0 Å². The average Bonchev–Trinajstić information content (AvgIpc) is 3.50. The van der Waals surface area contributed by atoms with Crippen molar-refractivity contribution >= 4 is 16.3 Å². The fourth-order valence-corrected chi connectivity index (χ4v) is 7.22. The summed E-state index contributed by atoms with van der Waals surface area (Å²) >= 11 is 0. The van der Waals surface area contributed by atoms with Crippen molar-refractivity contribution in [1.82, 2.24) is 0 Å². The molecule has 0 saturated heterocycles. The van der Waals surface area contributed by atoms with Crippen LogP contribution in [0.15, 0.2) is 189 Å². The molecule has 0 saturated carbocycles. The van der Waals surface area contributed by atoms with E-state index in [4.69, 9.17) is 0 Å². The molecule has 0 amide bonds. The van der Waals surface area contributed by atoms with Gasteiger partial charge in [-0.2, -0.15) is 0 Å². The Morgan fingerprint density at radius 3 is 1.73 bits per heavy atom. The molecule has 0 radical (unpaired) electrons. The Morgan fingerprint density at radius 2 is 1.10 bits per heavy atom. The molecule has 0 unspecified atom stereocenters. The van der Waals surface area contributed by atoms with E-state index in [1.54, 1.807) is 6.08 Å². The van der Waals surface area contributed by atoms with Gasteiger partial charge in [-0.15, -0.1) is 0 Å². The van der Waals surface area contributed by atoms with Gasteiger partial charge in [-0.25, -0.2) is 0 Å². The molecule has 1 aliphatic rings. The molecule has 8 rings (SSSR count). The van der Waals surface area contributed by atoms with E-state index in [1.807, 2.05) is 13.8 Å². The van der Waals surface area contributed by atoms with E-state index in [-0.39, 0.29) is 5.41 Å². The first-order chi connectivity index (χ1) is 25.5. The molecule has 0 nitrogen and oxygen atoms in total. The van der Waals surface area contributed by atoms with E-state index >= 15 is 0 Å². The van der Waals surface area contributed by atoms with Crippen LogP contribution in [0.5, 0.6) is 0 Å². The number of fused-ring (bicyclic) bond motifs is 4. The molecule has 0 aliphatic heterocycles. The van der Waals surface area contributed by atoms with Gasteiger partial charge in [0.25, 0.3) is 0 Å². The third-order valence-electron chi connectivity index (χ3n) is 9.68. The van der Waals surface area contributed by atoms with E-state index in [0.29, 0.717) is 0 Å². The van der Waals surface area contributed by atoms with Gasteiger partial charge < -0.3 is 0 Å². The quantitative estimate of drug-likeness (QED) is 0.154. The van der Waals surface area contributed by atoms with Crippen molar-refractivity contribution in [3.63, 3.8) is 0 Å². The van der Waals surface area contributed by atoms with E-state index in [0.717, 1.165) is 11.1 Å². The van der Waals surface area contributed by atoms with Gasteiger partial charge in [0.05, 0.1) is 5.41 Å². The zero-order valence-corrected chi connectivity index (χ0v) is 31.6. The molecule has 7 aromatic rings. The number of hydrogen-bond donors (Lipinski definition) is 0. The number of hydrogen-bond acceptors (Lipinski definition) is 0. The van der Waals surface area contributed by atoms with Crippen LogP contribution in [0, 0.1) is 13.8 Å². The second-order valence-electron chi connectivity index (χ2n) is 13.1. The topological polar surface area (TPSA) is 0 Å². The maximum Gasteiger partial charge on any atom is 0.0713 e. The zero-order valence-electron chi connectivity index (χ0n) is 31.6. The van der Waals surface area contributed by atoms with Crippen LogP contribution in [-0.2, 0) is 11.8 Å². The minimum absolute atomic E-state index is 0.263. The van der Waals surface area contributed by atoms with Gasteiger partial charge in [-0.3, -0.25) is 0 Å². The molecule has 0 heterocycles. The number of benzene rings is 7. The summed E-state index contributed by atoms with van der Waals surface area (Å²) in [5, 5.41) is 2.76. The lowest BCUT2D eigenvalue weighted by molar-refractivity contribution is 0.767. The van der Waals surface area contributed by atoms with Gasteiger partial charge in [-0.05, 0) is 81.1 Å². The Balaban J connectivity index is 0.000000168. The van der Waals surface area contributed by atoms with Crippen molar-refractivity contribution in [3.05, 3.63) is 234 Å². The van der Waals surface area contributed by atoms with Crippen molar-refractivity contribution in [2.45, 2.75) is 52.9 Å². The van der Waals surface area contributed by atoms with Crippen LogP contribution in [-0.4, -0.2) is 0 Å². The third-order valence-corrected chi connectivity index (χ3v) is 9.68. The van der Waals surface area contributed by atoms with Gasteiger partial charge >= 0.3 is 0 Å². The predicted octanol–water partition coefficient (Wildman–Crippen LogP) is 14.4. The van der Waals surface area contributed by atoms with Gasteiger partial charge in [0.2, 0.25) is 0 Å². The third kappa shape index (κ3) is 7.93. The highest BCUT2D eigenvalue weighted by Crippen LogP contribution is 2.56. The summed E-state index contributed by atoms with van der Waals surface area (Å²) in [4.78, 5) is 0. The van der Waals surface area contributed by atoms with Crippen LogP contribution in [0.3, 0.4) is 0 Å². The van der Waals surface area contributed by atoms with Crippen molar-refractivity contribution in [3.8, 4) is 11.1 Å². The molecule has 0 aromatic heterocycles. The summed E-state index contributed by atoms with van der Waals surface area (Å²) in [6, 6.07) is 61.0. The molecule has 0 atom stereocenters. The molecular weight excluding hydrogens is 625 g/mol. The molecule has 52 heavy (non-hydrogen) atoms. The monoisotopic (exact) mass is 676 g/mol. The highest BCUT2D eigenvalue weighted by atomic mass is 14.5. The van der Waals surface area contributed by atoms with Gasteiger partial charge in [0, 0.05) is 0 Å². The highest BCUT2D eigenvalue weighted by molar-refractivity contribution is 5.87. The van der Waals surface area contributed by atoms with Crippen molar-refractivity contribution < 1.29 is 0 Å². The van der Waals surface area contributed by atoms with E-state index in [1.165, 1.54) is 73.7 Å². The zero-order chi connectivity index (χ0) is 36.9. The van der Waals surface area contributed by atoms with Gasteiger partial charge in [0.15, 0.2) is 0 Å².